The Kier molecular flexibility index (Phi) is 5.59. The van der Waals surface area contributed by atoms with Crippen molar-refractivity contribution in [3.8, 4) is 28.6 Å². The zero-order valence-electron chi connectivity index (χ0n) is 16.9. The lowest BCUT2D eigenvalue weighted by atomic mass is 10.0. The van der Waals surface area contributed by atoms with Gasteiger partial charge in [-0.1, -0.05) is 0 Å². The summed E-state index contributed by atoms with van der Waals surface area (Å²) in [7, 11) is 2.97. The molecule has 1 aliphatic heterocycles. The average molecular weight is 430 g/mol. The van der Waals surface area contributed by atoms with Gasteiger partial charge in [0, 0.05) is 23.8 Å². The van der Waals surface area contributed by atoms with Gasteiger partial charge in [-0.05, 0) is 24.3 Å². The van der Waals surface area contributed by atoms with E-state index in [-0.39, 0.29) is 12.0 Å². The highest BCUT2D eigenvalue weighted by Crippen LogP contribution is 2.33. The molecule has 9 nitrogen and oxygen atoms in total. The second kappa shape index (κ2) is 8.20. The van der Waals surface area contributed by atoms with Crippen molar-refractivity contribution in [1.29, 1.82) is 0 Å². The Bertz CT molecular complexity index is 1140. The molecular weight excluding hydrogens is 408 g/mol. The van der Waals surface area contributed by atoms with Crippen molar-refractivity contribution < 1.29 is 38.7 Å². The highest BCUT2D eigenvalue weighted by molar-refractivity contribution is 5.86. The van der Waals surface area contributed by atoms with E-state index in [1.54, 1.807) is 36.4 Å². The van der Waals surface area contributed by atoms with Crippen LogP contribution in [0.2, 0.25) is 0 Å². The molecule has 164 valence electrons. The van der Waals surface area contributed by atoms with Gasteiger partial charge in [0.05, 0.1) is 27.4 Å². The van der Waals surface area contributed by atoms with Gasteiger partial charge in [0.25, 0.3) is 0 Å². The van der Waals surface area contributed by atoms with E-state index in [0.717, 1.165) is 0 Å². The Labute approximate surface area is 177 Å². The quantitative estimate of drug-likeness (QED) is 0.530. The number of benzene rings is 2. The third-order valence-corrected chi connectivity index (χ3v) is 5.19. The van der Waals surface area contributed by atoms with E-state index in [9.17, 15) is 20.1 Å². The first-order chi connectivity index (χ1) is 14.9. The van der Waals surface area contributed by atoms with Gasteiger partial charge in [-0.25, -0.2) is 0 Å². The maximum absolute atomic E-state index is 12.7. The van der Waals surface area contributed by atoms with E-state index in [0.29, 0.717) is 39.5 Å². The van der Waals surface area contributed by atoms with E-state index >= 15 is 0 Å². The standard InChI is InChI=1S/C22H22O9/c1-27-14-7-17(28-2)19-15(24)9-16(31-18(19)8-14)12-3-5-13(6-4-12)30-21-20(25)22(26,10-23)11-29-21/h3-9,20-21,23,25-26H,10-11H2,1-2H3/t20-,21+,22+/m0/s1. The number of hydrogen-bond donors (Lipinski definition) is 3. The van der Waals surface area contributed by atoms with Crippen LogP contribution >= 0.6 is 0 Å². The molecule has 0 amide bonds. The Hall–Kier alpha value is -3.11. The second-order valence-corrected chi connectivity index (χ2v) is 7.21. The lowest BCUT2D eigenvalue weighted by Gasteiger charge is -2.23. The number of hydrogen-bond acceptors (Lipinski definition) is 9. The van der Waals surface area contributed by atoms with E-state index in [1.807, 2.05) is 0 Å². The molecule has 9 heteroatoms. The normalized spacial score (nSPS) is 23.1. The minimum absolute atomic E-state index is 0.247. The van der Waals surface area contributed by atoms with Crippen LogP contribution in [0.5, 0.6) is 17.2 Å². The molecule has 0 radical (unpaired) electrons. The predicted octanol–water partition coefficient (Wildman–Crippen LogP) is 1.30. The minimum Gasteiger partial charge on any atom is -0.496 e. The predicted molar refractivity (Wildman–Crippen MR) is 109 cm³/mol. The molecule has 2 heterocycles. The van der Waals surface area contributed by atoms with Crippen molar-refractivity contribution in [2.45, 2.75) is 18.0 Å². The summed E-state index contributed by atoms with van der Waals surface area (Å²) >= 11 is 0. The summed E-state index contributed by atoms with van der Waals surface area (Å²) in [5.74, 6) is 1.55. The van der Waals surface area contributed by atoms with Gasteiger partial charge < -0.3 is 38.7 Å². The molecule has 31 heavy (non-hydrogen) atoms. The summed E-state index contributed by atoms with van der Waals surface area (Å²) in [6, 6.07) is 11.2. The van der Waals surface area contributed by atoms with Crippen molar-refractivity contribution in [3.05, 3.63) is 52.7 Å². The third-order valence-electron chi connectivity index (χ3n) is 5.19. The van der Waals surface area contributed by atoms with Crippen molar-refractivity contribution in [2.75, 3.05) is 27.4 Å². The third kappa shape index (κ3) is 3.84. The van der Waals surface area contributed by atoms with Gasteiger partial charge >= 0.3 is 0 Å². The second-order valence-electron chi connectivity index (χ2n) is 7.21. The number of aliphatic hydroxyl groups excluding tert-OH is 2. The largest absolute Gasteiger partial charge is 0.496 e. The highest BCUT2D eigenvalue weighted by atomic mass is 16.7. The van der Waals surface area contributed by atoms with Gasteiger partial charge in [0.1, 0.15) is 45.7 Å². The molecule has 2 aromatic carbocycles. The highest BCUT2D eigenvalue weighted by Gasteiger charge is 2.49. The molecule has 0 aliphatic carbocycles. The zero-order chi connectivity index (χ0) is 22.2. The fourth-order valence-corrected chi connectivity index (χ4v) is 3.38. The number of ether oxygens (including phenoxy) is 4. The van der Waals surface area contributed by atoms with Crippen molar-refractivity contribution in [1.82, 2.24) is 0 Å². The summed E-state index contributed by atoms with van der Waals surface area (Å²) in [6.45, 7) is -0.897. The topological polar surface area (TPSA) is 128 Å². The Morgan fingerprint density at radius 1 is 1.10 bits per heavy atom. The summed E-state index contributed by atoms with van der Waals surface area (Å²) in [6.07, 6.45) is -2.53. The van der Waals surface area contributed by atoms with Crippen LogP contribution in [0, 0.1) is 0 Å². The summed E-state index contributed by atoms with van der Waals surface area (Å²) in [4.78, 5) is 12.7. The molecule has 3 N–H and O–H groups in total. The summed E-state index contributed by atoms with van der Waals surface area (Å²) in [5.41, 5.74) is -1.08. The van der Waals surface area contributed by atoms with E-state index in [1.165, 1.54) is 20.3 Å². The molecule has 3 aromatic rings. The van der Waals surface area contributed by atoms with E-state index in [4.69, 9.17) is 23.4 Å². The summed E-state index contributed by atoms with van der Waals surface area (Å²) in [5, 5.41) is 29.6. The summed E-state index contributed by atoms with van der Waals surface area (Å²) < 4.78 is 27.2. The van der Waals surface area contributed by atoms with Gasteiger partial charge in [-0.2, -0.15) is 0 Å². The van der Waals surface area contributed by atoms with Crippen LogP contribution < -0.4 is 19.6 Å². The number of rotatable bonds is 6. The van der Waals surface area contributed by atoms with Crippen LogP contribution in [0.15, 0.2) is 51.7 Å². The maximum Gasteiger partial charge on any atom is 0.229 e. The first-order valence-corrected chi connectivity index (χ1v) is 9.48. The lowest BCUT2D eigenvalue weighted by Crippen LogP contribution is -2.48. The fraction of sp³-hybridized carbons (Fsp3) is 0.318. The van der Waals surface area contributed by atoms with Crippen molar-refractivity contribution in [3.63, 3.8) is 0 Å². The molecule has 1 aliphatic rings. The molecule has 1 saturated heterocycles. The Morgan fingerprint density at radius 3 is 2.45 bits per heavy atom. The molecule has 0 saturated carbocycles. The first kappa shape index (κ1) is 21.1. The van der Waals surface area contributed by atoms with E-state index in [2.05, 4.69) is 0 Å². The molecule has 3 atom stereocenters. The van der Waals surface area contributed by atoms with Crippen LogP contribution in [0.4, 0.5) is 0 Å². The van der Waals surface area contributed by atoms with Gasteiger partial charge in [-0.15, -0.1) is 0 Å². The van der Waals surface area contributed by atoms with Crippen LogP contribution in [0.3, 0.4) is 0 Å². The van der Waals surface area contributed by atoms with E-state index < -0.39 is 24.6 Å². The monoisotopic (exact) mass is 430 g/mol. The number of methoxy groups -OCH3 is 2. The van der Waals surface area contributed by atoms with Gasteiger partial charge in [-0.3, -0.25) is 4.79 Å². The molecule has 4 rings (SSSR count). The van der Waals surface area contributed by atoms with Crippen LogP contribution in [0.1, 0.15) is 0 Å². The Morgan fingerprint density at radius 2 is 1.84 bits per heavy atom. The van der Waals surface area contributed by atoms with Gasteiger partial charge in [0.15, 0.2) is 5.43 Å². The first-order valence-electron chi connectivity index (χ1n) is 9.48. The Balaban J connectivity index is 1.61. The van der Waals surface area contributed by atoms with Crippen molar-refractivity contribution >= 4 is 11.0 Å². The average Bonchev–Trinajstić information content (AvgIpc) is 3.07. The smallest absolute Gasteiger partial charge is 0.229 e. The minimum atomic E-state index is -1.76. The van der Waals surface area contributed by atoms with Crippen LogP contribution in [-0.4, -0.2) is 60.7 Å². The fourth-order valence-electron chi connectivity index (χ4n) is 3.38. The lowest BCUT2D eigenvalue weighted by molar-refractivity contribution is -0.115. The van der Waals surface area contributed by atoms with Crippen molar-refractivity contribution in [2.24, 2.45) is 0 Å². The maximum atomic E-state index is 12.7. The SMILES string of the molecule is COc1cc(OC)c2c(=O)cc(-c3ccc(O[C@H]4OC[C@](O)(CO)[C@H]4O)cc3)oc2c1. The molecular formula is C22H22O9. The zero-order valence-corrected chi connectivity index (χ0v) is 16.9. The van der Waals surface area contributed by atoms with Crippen LogP contribution in [-0.2, 0) is 4.74 Å². The molecule has 1 aromatic heterocycles. The number of fused-ring (bicyclic) bond motifs is 1. The van der Waals surface area contributed by atoms with Gasteiger partial charge in [0.2, 0.25) is 6.29 Å². The van der Waals surface area contributed by atoms with Crippen LogP contribution in [0.25, 0.3) is 22.3 Å². The molecule has 0 spiro atoms. The number of aliphatic hydroxyl groups is 3. The molecule has 1 fully saturated rings. The molecule has 0 unspecified atom stereocenters. The molecule has 0 bridgehead atoms.